The number of amidine groups is 1. The van der Waals surface area contributed by atoms with Gasteiger partial charge in [-0.3, -0.25) is 14.9 Å². The fourth-order valence-electron chi connectivity index (χ4n) is 1.12. The zero-order chi connectivity index (χ0) is 10.3. The Morgan fingerprint density at radius 2 is 1.93 bits per heavy atom. The number of nitrogens with one attached hydrogen (secondary N) is 2. The normalized spacial score (nSPS) is 21.1. The maximum absolute atomic E-state index is 11.1. The molecule has 0 unspecified atom stereocenters. The minimum Gasteiger partial charge on any atom is -0.328 e. The van der Waals surface area contributed by atoms with Crippen LogP contribution in [0.4, 0.5) is 9.59 Å². The number of nitrogens with zero attached hydrogens (tertiary/aromatic N) is 2. The Hall–Kier alpha value is -2.25. The first-order chi connectivity index (χ1) is 6.59. The van der Waals surface area contributed by atoms with Gasteiger partial charge in [-0.1, -0.05) is 0 Å². The fourth-order valence-corrected chi connectivity index (χ4v) is 1.12. The Morgan fingerprint density at radius 1 is 1.21 bits per heavy atom. The molecule has 0 atom stereocenters. The zero-order valence-corrected chi connectivity index (χ0v) is 6.73. The third-order valence-electron chi connectivity index (χ3n) is 1.69. The lowest BCUT2D eigenvalue weighted by atomic mass is 10.4. The minimum absolute atomic E-state index is 0.195. The number of carbonyl (C=O) groups excluding carboxylic acids is 4. The van der Waals surface area contributed by atoms with Crippen LogP contribution in [0.15, 0.2) is 4.99 Å². The molecule has 1 saturated heterocycles. The number of imide groups is 2. The largest absolute Gasteiger partial charge is 0.350 e. The van der Waals surface area contributed by atoms with Crippen LogP contribution >= 0.6 is 0 Å². The lowest BCUT2D eigenvalue weighted by Gasteiger charge is -2.07. The van der Waals surface area contributed by atoms with Crippen molar-refractivity contribution >= 4 is 29.7 Å². The van der Waals surface area contributed by atoms with Gasteiger partial charge in [0.15, 0.2) is 0 Å². The summed E-state index contributed by atoms with van der Waals surface area (Å²) in [6.45, 7) is -0.195. The first-order valence-corrected chi connectivity index (χ1v) is 3.64. The van der Waals surface area contributed by atoms with E-state index in [0.29, 0.717) is 4.90 Å². The molecule has 8 heteroatoms. The molecular formula is C6H4N4O4. The highest BCUT2D eigenvalue weighted by atomic mass is 16.2. The van der Waals surface area contributed by atoms with E-state index in [-0.39, 0.29) is 6.54 Å². The van der Waals surface area contributed by atoms with Crippen LogP contribution in [0.5, 0.6) is 0 Å². The summed E-state index contributed by atoms with van der Waals surface area (Å²) in [4.78, 5) is 47.6. The molecule has 2 heterocycles. The van der Waals surface area contributed by atoms with Crippen LogP contribution < -0.4 is 10.6 Å². The number of urea groups is 2. The van der Waals surface area contributed by atoms with Crippen LogP contribution in [-0.4, -0.2) is 41.2 Å². The van der Waals surface area contributed by atoms with Crippen molar-refractivity contribution in [3.05, 3.63) is 0 Å². The van der Waals surface area contributed by atoms with Gasteiger partial charge in [0.05, 0.1) is 6.54 Å². The average molecular weight is 196 g/mol. The second-order valence-corrected chi connectivity index (χ2v) is 2.58. The van der Waals surface area contributed by atoms with E-state index in [0.717, 1.165) is 0 Å². The van der Waals surface area contributed by atoms with E-state index in [1.54, 1.807) is 0 Å². The second-order valence-electron chi connectivity index (χ2n) is 2.58. The maximum Gasteiger partial charge on any atom is 0.350 e. The first kappa shape index (κ1) is 8.35. The Balaban J connectivity index is 2.35. The van der Waals surface area contributed by atoms with Gasteiger partial charge in [-0.25, -0.2) is 14.5 Å². The summed E-state index contributed by atoms with van der Waals surface area (Å²) in [5, 5.41) is 4.03. The molecule has 2 N–H and O–H groups in total. The van der Waals surface area contributed by atoms with Crippen LogP contribution in [0, 0.1) is 0 Å². The molecule has 72 valence electrons. The van der Waals surface area contributed by atoms with Gasteiger partial charge in [0.1, 0.15) is 0 Å². The van der Waals surface area contributed by atoms with Crippen LogP contribution in [0.1, 0.15) is 0 Å². The predicted octanol–water partition coefficient (Wildman–Crippen LogP) is -1.81. The van der Waals surface area contributed by atoms with Crippen molar-refractivity contribution in [1.82, 2.24) is 15.5 Å². The van der Waals surface area contributed by atoms with E-state index < -0.39 is 29.7 Å². The highest BCUT2D eigenvalue weighted by Gasteiger charge is 2.39. The van der Waals surface area contributed by atoms with Crippen LogP contribution in [0.2, 0.25) is 0 Å². The molecule has 0 spiro atoms. The van der Waals surface area contributed by atoms with Gasteiger partial charge in [-0.2, -0.15) is 4.99 Å². The first-order valence-electron chi connectivity index (χ1n) is 3.64. The second kappa shape index (κ2) is 2.62. The van der Waals surface area contributed by atoms with E-state index >= 15 is 0 Å². The standard InChI is InChI=1S/C6H4N4O4/c11-2-1-7-6(14)10(2)3-4(12)9-5(13)8-3/h1H2,(H,7,14)(H,9,12,13). The summed E-state index contributed by atoms with van der Waals surface area (Å²) in [5.41, 5.74) is 0. The Morgan fingerprint density at radius 3 is 2.36 bits per heavy atom. The molecule has 0 radical (unpaired) electrons. The number of rotatable bonds is 0. The molecule has 0 aliphatic carbocycles. The summed E-state index contributed by atoms with van der Waals surface area (Å²) in [7, 11) is 0. The highest BCUT2D eigenvalue weighted by Crippen LogP contribution is 2.05. The Bertz CT molecular complexity index is 383. The third kappa shape index (κ3) is 1.04. The molecule has 8 nitrogen and oxygen atoms in total. The lowest BCUT2D eigenvalue weighted by molar-refractivity contribution is -0.123. The summed E-state index contributed by atoms with van der Waals surface area (Å²) in [6.07, 6.45) is 0. The van der Waals surface area contributed by atoms with Crippen molar-refractivity contribution in [1.29, 1.82) is 0 Å². The van der Waals surface area contributed by atoms with Crippen molar-refractivity contribution in [3.63, 3.8) is 0 Å². The predicted molar refractivity (Wildman–Crippen MR) is 41.2 cm³/mol. The lowest BCUT2D eigenvalue weighted by Crippen LogP contribution is -2.42. The third-order valence-corrected chi connectivity index (χ3v) is 1.69. The van der Waals surface area contributed by atoms with Gasteiger partial charge in [-0.15, -0.1) is 0 Å². The van der Waals surface area contributed by atoms with E-state index in [2.05, 4.69) is 10.3 Å². The van der Waals surface area contributed by atoms with Crippen molar-refractivity contribution in [2.24, 2.45) is 4.99 Å². The monoisotopic (exact) mass is 196 g/mol. The summed E-state index contributed by atoms with van der Waals surface area (Å²) in [6, 6.07) is -1.63. The van der Waals surface area contributed by atoms with Gasteiger partial charge in [-0.05, 0) is 0 Å². The number of carbonyl (C=O) groups is 4. The molecule has 2 aliphatic heterocycles. The average Bonchev–Trinajstić information content (AvgIpc) is 2.57. The van der Waals surface area contributed by atoms with Gasteiger partial charge >= 0.3 is 12.1 Å². The molecule has 0 aromatic rings. The molecular weight excluding hydrogens is 192 g/mol. The highest BCUT2D eigenvalue weighted by molar-refractivity contribution is 6.50. The molecule has 14 heavy (non-hydrogen) atoms. The smallest absolute Gasteiger partial charge is 0.328 e. The van der Waals surface area contributed by atoms with Crippen LogP contribution in [-0.2, 0) is 9.59 Å². The van der Waals surface area contributed by atoms with Crippen molar-refractivity contribution < 1.29 is 19.2 Å². The van der Waals surface area contributed by atoms with E-state index in [1.165, 1.54) is 0 Å². The molecule has 0 aromatic carbocycles. The molecule has 2 aliphatic rings. The number of amides is 6. The molecule has 0 aromatic heterocycles. The van der Waals surface area contributed by atoms with Gasteiger partial charge in [0.2, 0.25) is 5.84 Å². The van der Waals surface area contributed by atoms with Gasteiger partial charge in [0, 0.05) is 0 Å². The van der Waals surface area contributed by atoms with E-state index in [1.807, 2.05) is 5.32 Å². The van der Waals surface area contributed by atoms with E-state index in [9.17, 15) is 19.2 Å². The molecule has 0 bridgehead atoms. The summed E-state index contributed by atoms with van der Waals surface area (Å²) in [5.74, 6) is -1.94. The molecule has 1 fully saturated rings. The molecule has 2 rings (SSSR count). The zero-order valence-electron chi connectivity index (χ0n) is 6.73. The van der Waals surface area contributed by atoms with Crippen LogP contribution in [0.3, 0.4) is 0 Å². The Kier molecular flexibility index (Phi) is 1.56. The SMILES string of the molecule is O=C1N=C(N2C(=O)CNC2=O)C(=O)N1. The minimum atomic E-state index is -0.877. The molecule has 0 saturated carbocycles. The van der Waals surface area contributed by atoms with Crippen molar-refractivity contribution in [2.75, 3.05) is 6.54 Å². The summed E-state index contributed by atoms with van der Waals surface area (Å²) < 4.78 is 0. The molecule has 6 amide bonds. The van der Waals surface area contributed by atoms with Crippen molar-refractivity contribution in [2.45, 2.75) is 0 Å². The number of aliphatic imine (C=N–C) groups is 1. The van der Waals surface area contributed by atoms with Crippen molar-refractivity contribution in [3.8, 4) is 0 Å². The van der Waals surface area contributed by atoms with Gasteiger partial charge < -0.3 is 5.32 Å². The number of hydrogen-bond donors (Lipinski definition) is 2. The summed E-state index contributed by atoms with van der Waals surface area (Å²) >= 11 is 0. The topological polar surface area (TPSA) is 108 Å². The van der Waals surface area contributed by atoms with E-state index in [4.69, 9.17) is 0 Å². The number of hydrogen-bond acceptors (Lipinski definition) is 4. The quantitative estimate of drug-likeness (QED) is 0.445. The Labute approximate surface area is 77.0 Å². The van der Waals surface area contributed by atoms with Crippen LogP contribution in [0.25, 0.3) is 0 Å². The fraction of sp³-hybridized carbons (Fsp3) is 0.167. The maximum atomic E-state index is 11.1. The van der Waals surface area contributed by atoms with Gasteiger partial charge in [0.25, 0.3) is 11.8 Å².